The second kappa shape index (κ2) is 15.9. The lowest BCUT2D eigenvalue weighted by Gasteiger charge is -2.29. The third-order valence-corrected chi connectivity index (χ3v) is 9.22. The maximum Gasteiger partial charge on any atom is 0.319 e. The molecule has 10 nitrogen and oxygen atoms in total. The van der Waals surface area contributed by atoms with E-state index in [1.807, 2.05) is 44.2 Å². The summed E-state index contributed by atoms with van der Waals surface area (Å²) in [4.78, 5) is 28.1. The number of nitrogens with one attached hydrogen (secondary N) is 3. The third kappa shape index (κ3) is 8.27. The first-order valence-corrected chi connectivity index (χ1v) is 17.3. The van der Waals surface area contributed by atoms with E-state index in [1.165, 1.54) is 18.1 Å². The number of rotatable bonds is 12. The van der Waals surface area contributed by atoms with Crippen molar-refractivity contribution >= 4 is 34.2 Å². The number of hydrogen-bond acceptors (Lipinski definition) is 6. The summed E-state index contributed by atoms with van der Waals surface area (Å²) >= 11 is 0. The number of amides is 3. The number of methoxy groups -OCH3 is 1. The molecule has 0 radical (unpaired) electrons. The highest BCUT2D eigenvalue weighted by atomic mass is 16.5. The van der Waals surface area contributed by atoms with Crippen molar-refractivity contribution in [2.45, 2.75) is 58.2 Å². The van der Waals surface area contributed by atoms with Crippen LogP contribution in [0.2, 0.25) is 0 Å². The smallest absolute Gasteiger partial charge is 0.319 e. The van der Waals surface area contributed by atoms with E-state index in [4.69, 9.17) is 9.47 Å². The maximum atomic E-state index is 13.3. The van der Waals surface area contributed by atoms with Gasteiger partial charge in [-0.2, -0.15) is 0 Å². The van der Waals surface area contributed by atoms with Crippen molar-refractivity contribution in [2.75, 3.05) is 30.8 Å². The van der Waals surface area contributed by atoms with Crippen molar-refractivity contribution < 1.29 is 24.2 Å². The van der Waals surface area contributed by atoms with Crippen molar-refractivity contribution in [1.82, 2.24) is 14.8 Å². The number of aromatic nitrogens is 1. The van der Waals surface area contributed by atoms with Gasteiger partial charge in [0.2, 0.25) is 0 Å². The zero-order valence-electron chi connectivity index (χ0n) is 28.8. The highest BCUT2D eigenvalue weighted by Gasteiger charge is 2.19. The van der Waals surface area contributed by atoms with Gasteiger partial charge in [-0.1, -0.05) is 38.1 Å². The molecule has 0 saturated carbocycles. The van der Waals surface area contributed by atoms with Gasteiger partial charge in [-0.25, -0.2) is 4.79 Å². The highest BCUT2D eigenvalue weighted by molar-refractivity contribution is 6.04. The lowest BCUT2D eigenvalue weighted by Crippen LogP contribution is -2.37. The molecule has 260 valence electrons. The van der Waals surface area contributed by atoms with Crippen LogP contribution >= 0.6 is 0 Å². The molecule has 1 aromatic heterocycles. The minimum absolute atomic E-state index is 0.109. The second-order valence-electron chi connectivity index (χ2n) is 12.7. The number of ether oxygens (including phenoxy) is 2. The Morgan fingerprint density at radius 3 is 2.34 bits per heavy atom. The number of anilines is 2. The van der Waals surface area contributed by atoms with Crippen molar-refractivity contribution in [2.24, 2.45) is 0 Å². The number of likely N-dealkylation sites (tertiary alicyclic amines) is 1. The predicted molar refractivity (Wildman–Crippen MR) is 198 cm³/mol. The van der Waals surface area contributed by atoms with Crippen molar-refractivity contribution in [3.63, 3.8) is 0 Å². The predicted octanol–water partition coefficient (Wildman–Crippen LogP) is 7.95. The van der Waals surface area contributed by atoms with Gasteiger partial charge < -0.3 is 35.1 Å². The molecular weight excluding hydrogens is 630 g/mol. The number of urea groups is 1. The first-order valence-electron chi connectivity index (χ1n) is 17.3. The Hall–Kier alpha value is -5.32. The normalized spacial score (nSPS) is 13.7. The summed E-state index contributed by atoms with van der Waals surface area (Å²) < 4.78 is 13.8. The zero-order chi connectivity index (χ0) is 35.0. The van der Waals surface area contributed by atoms with Gasteiger partial charge in [0, 0.05) is 72.0 Å². The molecule has 50 heavy (non-hydrogen) atoms. The number of carbonyl (C=O) groups excluding carboxylic acids is 2. The highest BCUT2D eigenvalue weighted by Crippen LogP contribution is 2.35. The van der Waals surface area contributed by atoms with Crippen LogP contribution in [0.25, 0.3) is 16.6 Å². The van der Waals surface area contributed by atoms with Crippen LogP contribution in [0.5, 0.6) is 17.2 Å². The van der Waals surface area contributed by atoms with E-state index >= 15 is 0 Å². The standard InChI is InChI=1S/C40H45N5O5/c1-4-29(5-2)42-40(48)43-31-15-18-37(38(24-31)49-3)50-34-10-8-9-30(23-34)41-39(47)27-13-16-32(17-14-27)45-26-28(35-11-6-7-12-36(35)45)25-44-21-19-33(46)20-22-44/h6-18,23-24,26,29,33,46H,4-5,19-22,25H2,1-3H3,(H,41,47)(H2,42,43,48). The molecule has 1 aliphatic heterocycles. The number of piperidine rings is 1. The van der Waals surface area contributed by atoms with Gasteiger partial charge in [0.25, 0.3) is 5.91 Å². The maximum absolute atomic E-state index is 13.3. The fraction of sp³-hybridized carbons (Fsp3) is 0.300. The molecule has 0 atom stereocenters. The molecule has 5 aromatic rings. The monoisotopic (exact) mass is 675 g/mol. The lowest BCUT2D eigenvalue weighted by molar-refractivity contribution is 0.0794. The molecule has 1 saturated heterocycles. The number of aliphatic hydroxyl groups is 1. The van der Waals surface area contributed by atoms with E-state index in [0.29, 0.717) is 34.2 Å². The number of fused-ring (bicyclic) bond motifs is 1. The summed E-state index contributed by atoms with van der Waals surface area (Å²) in [5.41, 5.74) is 5.01. The first kappa shape index (κ1) is 34.5. The van der Waals surface area contributed by atoms with Crippen LogP contribution < -0.4 is 25.4 Å². The molecule has 2 heterocycles. The quantitative estimate of drug-likeness (QED) is 0.107. The molecule has 1 aliphatic rings. The fourth-order valence-electron chi connectivity index (χ4n) is 6.32. The van der Waals surface area contributed by atoms with Crippen molar-refractivity contribution in [3.05, 3.63) is 108 Å². The van der Waals surface area contributed by atoms with E-state index in [-0.39, 0.29) is 24.1 Å². The summed E-state index contributed by atoms with van der Waals surface area (Å²) in [6.07, 6.45) is 5.30. The van der Waals surface area contributed by atoms with E-state index in [0.717, 1.165) is 56.5 Å². The number of aliphatic hydroxyl groups excluding tert-OH is 1. The number of nitrogens with zero attached hydrogens (tertiary/aromatic N) is 2. The summed E-state index contributed by atoms with van der Waals surface area (Å²) in [7, 11) is 1.54. The van der Waals surface area contributed by atoms with E-state index in [9.17, 15) is 14.7 Å². The van der Waals surface area contributed by atoms with Gasteiger partial charge in [-0.3, -0.25) is 9.69 Å². The average molecular weight is 676 g/mol. The summed E-state index contributed by atoms with van der Waals surface area (Å²) in [5.74, 6) is 1.19. The number of benzene rings is 4. The third-order valence-electron chi connectivity index (χ3n) is 9.22. The summed E-state index contributed by atoms with van der Waals surface area (Å²) in [6, 6.07) is 28.1. The van der Waals surface area contributed by atoms with Crippen LogP contribution in [0.1, 0.15) is 55.5 Å². The average Bonchev–Trinajstić information content (AvgIpc) is 3.50. The molecular formula is C40H45N5O5. The zero-order valence-corrected chi connectivity index (χ0v) is 28.8. The number of para-hydroxylation sites is 1. The molecule has 6 rings (SSSR count). The molecule has 0 unspecified atom stereocenters. The Kier molecular flexibility index (Phi) is 11.0. The molecule has 3 amide bonds. The van der Waals surface area contributed by atoms with Crippen LogP contribution in [0.15, 0.2) is 97.2 Å². The van der Waals surface area contributed by atoms with Gasteiger partial charge in [-0.15, -0.1) is 0 Å². The molecule has 0 aliphatic carbocycles. The molecule has 0 spiro atoms. The van der Waals surface area contributed by atoms with Gasteiger partial charge in [-0.05, 0) is 85.8 Å². The molecule has 1 fully saturated rings. The molecule has 4 aromatic carbocycles. The van der Waals surface area contributed by atoms with Crippen LogP contribution in [0.3, 0.4) is 0 Å². The van der Waals surface area contributed by atoms with E-state index in [1.54, 1.807) is 42.5 Å². The fourth-order valence-corrected chi connectivity index (χ4v) is 6.32. The van der Waals surface area contributed by atoms with Gasteiger partial charge in [0.1, 0.15) is 5.75 Å². The Balaban J connectivity index is 1.11. The van der Waals surface area contributed by atoms with Crippen molar-refractivity contribution in [1.29, 1.82) is 0 Å². The SMILES string of the molecule is CCC(CC)NC(=O)Nc1ccc(Oc2cccc(NC(=O)c3ccc(-n4cc(CN5CCC(O)CC5)c5ccccc54)cc3)c2)c(OC)c1. The second-order valence-corrected chi connectivity index (χ2v) is 12.7. The van der Waals surface area contributed by atoms with Crippen LogP contribution in [-0.4, -0.2) is 58.9 Å². The minimum Gasteiger partial charge on any atom is -0.493 e. The Bertz CT molecular complexity index is 1930. The number of hydrogen-bond donors (Lipinski definition) is 4. The Morgan fingerprint density at radius 1 is 0.860 bits per heavy atom. The topological polar surface area (TPSA) is 117 Å². The van der Waals surface area contributed by atoms with Gasteiger partial charge in [0.15, 0.2) is 11.5 Å². The first-order chi connectivity index (χ1) is 24.3. The largest absolute Gasteiger partial charge is 0.493 e. The van der Waals surface area contributed by atoms with Crippen LogP contribution in [0.4, 0.5) is 16.2 Å². The lowest BCUT2D eigenvalue weighted by atomic mass is 10.1. The Labute approximate surface area is 293 Å². The van der Waals surface area contributed by atoms with Crippen LogP contribution in [0, 0.1) is 0 Å². The van der Waals surface area contributed by atoms with Crippen molar-refractivity contribution in [3.8, 4) is 22.9 Å². The summed E-state index contributed by atoms with van der Waals surface area (Å²) in [6.45, 7) is 6.68. The van der Waals surface area contributed by atoms with Crippen LogP contribution in [-0.2, 0) is 6.54 Å². The summed E-state index contributed by atoms with van der Waals surface area (Å²) in [5, 5.41) is 19.9. The minimum atomic E-state index is -0.272. The Morgan fingerprint density at radius 2 is 1.60 bits per heavy atom. The molecule has 4 N–H and O–H groups in total. The molecule has 0 bridgehead atoms. The number of carbonyl (C=O) groups is 2. The van der Waals surface area contributed by atoms with E-state index < -0.39 is 0 Å². The van der Waals surface area contributed by atoms with Gasteiger partial charge >= 0.3 is 6.03 Å². The molecule has 10 heteroatoms. The van der Waals surface area contributed by atoms with E-state index in [2.05, 4.69) is 49.8 Å². The van der Waals surface area contributed by atoms with Gasteiger partial charge in [0.05, 0.1) is 18.7 Å².